The third-order valence-electron chi connectivity index (χ3n) is 3.12. The van der Waals surface area contributed by atoms with Crippen molar-refractivity contribution >= 4 is 0 Å². The highest BCUT2D eigenvalue weighted by atomic mass is 16.3. The average Bonchev–Trinajstić information content (AvgIpc) is 2.98. The van der Waals surface area contributed by atoms with E-state index in [0.29, 0.717) is 6.04 Å². The molecule has 4 heteroatoms. The monoisotopic (exact) mass is 261 g/mol. The second-order valence-electron chi connectivity index (χ2n) is 5.13. The van der Waals surface area contributed by atoms with E-state index in [9.17, 15) is 0 Å². The van der Waals surface area contributed by atoms with E-state index in [-0.39, 0.29) is 0 Å². The molecular formula is C15H23N3O. The van der Waals surface area contributed by atoms with Gasteiger partial charge in [-0.1, -0.05) is 20.8 Å². The molecule has 1 N–H and O–H groups in total. The lowest BCUT2D eigenvalue weighted by Gasteiger charge is -2.10. The van der Waals surface area contributed by atoms with E-state index in [2.05, 4.69) is 35.6 Å². The smallest absolute Gasteiger partial charge is 0.122 e. The van der Waals surface area contributed by atoms with Gasteiger partial charge < -0.3 is 14.3 Å². The van der Waals surface area contributed by atoms with Gasteiger partial charge in [0.25, 0.3) is 0 Å². The zero-order chi connectivity index (χ0) is 13.7. The molecule has 0 aromatic carbocycles. The van der Waals surface area contributed by atoms with Gasteiger partial charge in [-0.15, -0.1) is 0 Å². The summed E-state index contributed by atoms with van der Waals surface area (Å²) in [7, 11) is 0. The first-order valence-electron chi connectivity index (χ1n) is 6.99. The summed E-state index contributed by atoms with van der Waals surface area (Å²) in [5, 5.41) is 3.39. The van der Waals surface area contributed by atoms with Crippen molar-refractivity contribution in [1.29, 1.82) is 0 Å². The summed E-state index contributed by atoms with van der Waals surface area (Å²) in [6.45, 7) is 8.06. The van der Waals surface area contributed by atoms with Crippen LogP contribution in [0, 0.1) is 0 Å². The number of hydrogen-bond acceptors (Lipinski definition) is 3. The number of nitrogens with zero attached hydrogens (tertiary/aromatic N) is 2. The normalized spacial score (nSPS) is 11.4. The average molecular weight is 261 g/mol. The van der Waals surface area contributed by atoms with Gasteiger partial charge in [-0.25, -0.2) is 4.98 Å². The molecule has 19 heavy (non-hydrogen) atoms. The van der Waals surface area contributed by atoms with Crippen molar-refractivity contribution in [2.45, 2.75) is 52.7 Å². The molecule has 2 heterocycles. The van der Waals surface area contributed by atoms with Gasteiger partial charge in [0.1, 0.15) is 11.6 Å². The van der Waals surface area contributed by atoms with Crippen molar-refractivity contribution in [3.63, 3.8) is 0 Å². The fourth-order valence-corrected chi connectivity index (χ4v) is 2.08. The van der Waals surface area contributed by atoms with Gasteiger partial charge in [-0.05, 0) is 12.5 Å². The van der Waals surface area contributed by atoms with Crippen molar-refractivity contribution in [2.75, 3.05) is 0 Å². The first-order valence-corrected chi connectivity index (χ1v) is 6.99. The first kappa shape index (κ1) is 13.9. The quantitative estimate of drug-likeness (QED) is 0.833. The Kier molecular flexibility index (Phi) is 4.80. The maximum atomic E-state index is 5.57. The minimum absolute atomic E-state index is 0.460. The Morgan fingerprint density at radius 3 is 3.00 bits per heavy atom. The molecule has 0 amide bonds. The highest BCUT2D eigenvalue weighted by Crippen LogP contribution is 2.14. The van der Waals surface area contributed by atoms with Crippen molar-refractivity contribution in [1.82, 2.24) is 14.9 Å². The predicted octanol–water partition coefficient (Wildman–Crippen LogP) is 2.97. The summed E-state index contributed by atoms with van der Waals surface area (Å²) < 4.78 is 7.77. The second kappa shape index (κ2) is 6.57. The minimum Gasteiger partial charge on any atom is -0.468 e. The van der Waals surface area contributed by atoms with E-state index < -0.39 is 0 Å². The zero-order valence-electron chi connectivity index (χ0n) is 12.0. The molecule has 0 radical (unpaired) electrons. The van der Waals surface area contributed by atoms with Crippen LogP contribution in [0.15, 0.2) is 29.1 Å². The van der Waals surface area contributed by atoms with Crippen molar-refractivity contribution < 1.29 is 4.42 Å². The number of aryl methyl sites for hydroxylation is 1. The fourth-order valence-electron chi connectivity index (χ4n) is 2.08. The van der Waals surface area contributed by atoms with Crippen LogP contribution in [0.1, 0.15) is 44.3 Å². The Hall–Kier alpha value is -1.55. The van der Waals surface area contributed by atoms with Crippen LogP contribution in [0.25, 0.3) is 0 Å². The van der Waals surface area contributed by atoms with E-state index in [1.54, 1.807) is 6.26 Å². The molecule has 2 rings (SSSR count). The van der Waals surface area contributed by atoms with E-state index in [0.717, 1.165) is 37.5 Å². The van der Waals surface area contributed by atoms with Crippen LogP contribution in [0.2, 0.25) is 0 Å². The van der Waals surface area contributed by atoms with E-state index in [1.807, 2.05) is 18.5 Å². The van der Waals surface area contributed by atoms with Crippen LogP contribution in [-0.2, 0) is 19.5 Å². The topological polar surface area (TPSA) is 43.0 Å². The number of hydrogen-bond donors (Lipinski definition) is 1. The molecule has 0 aliphatic carbocycles. The fraction of sp³-hybridized carbons (Fsp3) is 0.533. The number of rotatable bonds is 7. The molecule has 0 bridgehead atoms. The van der Waals surface area contributed by atoms with Gasteiger partial charge in [0.05, 0.1) is 19.4 Å². The highest BCUT2D eigenvalue weighted by molar-refractivity contribution is 5.18. The number of furan rings is 1. The first-order chi connectivity index (χ1) is 9.20. The van der Waals surface area contributed by atoms with Crippen LogP contribution < -0.4 is 5.32 Å². The molecule has 104 valence electrons. The largest absolute Gasteiger partial charge is 0.468 e. The number of aromatic nitrogens is 2. The summed E-state index contributed by atoms with van der Waals surface area (Å²) in [4.78, 5) is 4.41. The van der Waals surface area contributed by atoms with Crippen LogP contribution >= 0.6 is 0 Å². The molecule has 0 spiro atoms. The van der Waals surface area contributed by atoms with Crippen molar-refractivity contribution in [3.05, 3.63) is 41.9 Å². The zero-order valence-corrected chi connectivity index (χ0v) is 12.0. The third kappa shape index (κ3) is 3.70. The molecule has 0 aliphatic heterocycles. The lowest BCUT2D eigenvalue weighted by molar-refractivity contribution is 0.459. The Morgan fingerprint density at radius 1 is 1.42 bits per heavy atom. The molecule has 0 saturated heterocycles. The van der Waals surface area contributed by atoms with Crippen molar-refractivity contribution in [3.8, 4) is 0 Å². The molecule has 0 saturated carbocycles. The standard InChI is InChI=1S/C15H23N3O/c1-4-5-15-16-7-8-18(15)11-13-6-9-19-14(13)10-17-12(2)3/h6-9,12,17H,4-5,10-11H2,1-3H3. The summed E-state index contributed by atoms with van der Waals surface area (Å²) >= 11 is 0. The Bertz CT molecular complexity index is 499. The van der Waals surface area contributed by atoms with E-state index in [4.69, 9.17) is 4.42 Å². The molecule has 4 nitrogen and oxygen atoms in total. The molecule has 2 aromatic heterocycles. The second-order valence-corrected chi connectivity index (χ2v) is 5.13. The molecule has 2 aromatic rings. The van der Waals surface area contributed by atoms with E-state index >= 15 is 0 Å². The highest BCUT2D eigenvalue weighted by Gasteiger charge is 2.09. The molecule has 0 atom stereocenters. The van der Waals surface area contributed by atoms with Gasteiger partial charge in [-0.3, -0.25) is 0 Å². The van der Waals surface area contributed by atoms with Gasteiger partial charge in [0, 0.05) is 30.4 Å². The third-order valence-corrected chi connectivity index (χ3v) is 3.12. The van der Waals surface area contributed by atoms with Gasteiger partial charge in [-0.2, -0.15) is 0 Å². The molecule has 0 aliphatic rings. The molecular weight excluding hydrogens is 238 g/mol. The molecule has 0 unspecified atom stereocenters. The lowest BCUT2D eigenvalue weighted by atomic mass is 10.2. The summed E-state index contributed by atoms with van der Waals surface area (Å²) in [5.74, 6) is 2.16. The van der Waals surface area contributed by atoms with Crippen molar-refractivity contribution in [2.24, 2.45) is 0 Å². The summed E-state index contributed by atoms with van der Waals surface area (Å²) in [5.41, 5.74) is 1.23. The van der Waals surface area contributed by atoms with Crippen LogP contribution in [-0.4, -0.2) is 15.6 Å². The lowest BCUT2D eigenvalue weighted by Crippen LogP contribution is -2.22. The maximum absolute atomic E-state index is 5.57. The summed E-state index contributed by atoms with van der Waals surface area (Å²) in [6.07, 6.45) is 7.81. The Balaban J connectivity index is 2.06. The summed E-state index contributed by atoms with van der Waals surface area (Å²) in [6, 6.07) is 2.51. The predicted molar refractivity (Wildman–Crippen MR) is 76.0 cm³/mol. The number of nitrogens with one attached hydrogen (secondary N) is 1. The number of imidazole rings is 1. The Labute approximate surface area is 114 Å². The van der Waals surface area contributed by atoms with Gasteiger partial charge in [0.2, 0.25) is 0 Å². The van der Waals surface area contributed by atoms with Gasteiger partial charge in [0.15, 0.2) is 0 Å². The van der Waals surface area contributed by atoms with Crippen LogP contribution in [0.3, 0.4) is 0 Å². The van der Waals surface area contributed by atoms with E-state index in [1.165, 1.54) is 5.56 Å². The van der Waals surface area contributed by atoms with Crippen LogP contribution in [0.4, 0.5) is 0 Å². The van der Waals surface area contributed by atoms with Crippen LogP contribution in [0.5, 0.6) is 0 Å². The SMILES string of the molecule is CCCc1nccn1Cc1ccoc1CNC(C)C. The Morgan fingerprint density at radius 2 is 2.26 bits per heavy atom. The van der Waals surface area contributed by atoms with Gasteiger partial charge >= 0.3 is 0 Å². The molecule has 0 fully saturated rings. The minimum atomic E-state index is 0.460. The maximum Gasteiger partial charge on any atom is 0.122 e.